The monoisotopic (exact) mass is 678 g/mol. The lowest BCUT2D eigenvalue weighted by atomic mass is 10.1. The van der Waals surface area contributed by atoms with Gasteiger partial charge in [0.25, 0.3) is 0 Å². The zero-order valence-electron chi connectivity index (χ0n) is 16.2. The summed E-state index contributed by atoms with van der Waals surface area (Å²) in [5.74, 6) is 0.653. The molecule has 160 valence electrons. The van der Waals surface area contributed by atoms with Crippen molar-refractivity contribution in [2.75, 3.05) is 0 Å². The van der Waals surface area contributed by atoms with Gasteiger partial charge >= 0.3 is 0 Å². The third-order valence-electron chi connectivity index (χ3n) is 4.29. The molecule has 31 heavy (non-hydrogen) atoms. The van der Waals surface area contributed by atoms with Gasteiger partial charge in [0.05, 0.1) is 13.4 Å². The summed E-state index contributed by atoms with van der Waals surface area (Å²) in [4.78, 5) is 12.0. The fraction of sp³-hybridized carbons (Fsp3) is 0.130. The number of aryl methyl sites for hydroxylation is 1. The molecule has 0 fully saturated rings. The molecular formula is C23H18Cl2I2N2O2. The highest BCUT2D eigenvalue weighted by Gasteiger charge is 2.10. The Morgan fingerprint density at radius 2 is 1.74 bits per heavy atom. The van der Waals surface area contributed by atoms with Gasteiger partial charge in [-0.2, -0.15) is 5.10 Å². The molecule has 3 aromatic rings. The summed E-state index contributed by atoms with van der Waals surface area (Å²) in [5.41, 5.74) is 5.44. The predicted molar refractivity (Wildman–Crippen MR) is 143 cm³/mol. The molecule has 0 atom stereocenters. The molecule has 1 N–H and O–H groups in total. The van der Waals surface area contributed by atoms with Gasteiger partial charge in [-0.05, 0) is 87.0 Å². The zero-order valence-corrected chi connectivity index (χ0v) is 22.1. The van der Waals surface area contributed by atoms with Crippen molar-refractivity contribution in [3.8, 4) is 5.75 Å². The van der Waals surface area contributed by atoms with Crippen molar-refractivity contribution < 1.29 is 9.53 Å². The van der Waals surface area contributed by atoms with Crippen LogP contribution in [0.1, 0.15) is 23.1 Å². The number of nitrogens with zero attached hydrogens (tertiary/aromatic N) is 1. The van der Waals surface area contributed by atoms with Crippen molar-refractivity contribution in [3.05, 3.63) is 94.5 Å². The number of hydrazone groups is 1. The number of amides is 1. The number of hydrogen-bond acceptors (Lipinski definition) is 3. The molecule has 3 aromatic carbocycles. The third kappa shape index (κ3) is 7.62. The smallest absolute Gasteiger partial charge is 0.240 e. The molecule has 0 saturated carbocycles. The van der Waals surface area contributed by atoms with Crippen LogP contribution in [0.5, 0.6) is 5.75 Å². The highest BCUT2D eigenvalue weighted by atomic mass is 127. The van der Waals surface area contributed by atoms with Crippen LogP contribution in [0.25, 0.3) is 0 Å². The Bertz CT molecular complexity index is 1070. The molecule has 0 aliphatic carbocycles. The third-order valence-corrected chi connectivity index (χ3v) is 6.48. The van der Waals surface area contributed by atoms with E-state index in [1.54, 1.807) is 18.3 Å². The quantitative estimate of drug-likeness (QED) is 0.161. The maximum atomic E-state index is 12.0. The van der Waals surface area contributed by atoms with Crippen LogP contribution in [0, 0.1) is 7.14 Å². The van der Waals surface area contributed by atoms with Gasteiger partial charge in [0.15, 0.2) is 0 Å². The van der Waals surface area contributed by atoms with Crippen molar-refractivity contribution in [1.29, 1.82) is 0 Å². The first-order valence-corrected chi connectivity index (χ1v) is 12.3. The van der Waals surface area contributed by atoms with Crippen LogP contribution < -0.4 is 10.2 Å². The fourth-order valence-corrected chi connectivity index (χ4v) is 5.31. The first kappa shape index (κ1) is 24.3. The standard InChI is InChI=1S/C23H18Cl2I2N2O2/c24-18-8-7-17(19(25)12-18)14-31-23-20(26)10-16(11-21(23)27)13-28-29-22(30)9-6-15-4-2-1-3-5-15/h1-5,7-8,10-13H,6,9,14H2,(H,29,30)/b28-13-. The molecule has 3 rings (SSSR count). The molecule has 0 aliphatic rings. The normalized spacial score (nSPS) is 11.0. The van der Waals surface area contributed by atoms with Gasteiger partial charge in [-0.25, -0.2) is 5.43 Å². The van der Waals surface area contributed by atoms with E-state index >= 15 is 0 Å². The predicted octanol–water partition coefficient (Wildman–Crippen LogP) is 6.86. The number of nitrogens with one attached hydrogen (secondary N) is 1. The number of hydrogen-bond donors (Lipinski definition) is 1. The second-order valence-electron chi connectivity index (χ2n) is 6.62. The minimum atomic E-state index is -0.121. The highest BCUT2D eigenvalue weighted by Crippen LogP contribution is 2.30. The topological polar surface area (TPSA) is 50.7 Å². The molecular weight excluding hydrogens is 661 g/mol. The lowest BCUT2D eigenvalue weighted by Gasteiger charge is -2.12. The van der Waals surface area contributed by atoms with Crippen molar-refractivity contribution >= 4 is 80.5 Å². The Kier molecular flexibility index (Phi) is 9.43. The molecule has 0 unspecified atom stereocenters. The maximum Gasteiger partial charge on any atom is 0.240 e. The minimum Gasteiger partial charge on any atom is -0.487 e. The largest absolute Gasteiger partial charge is 0.487 e. The van der Waals surface area contributed by atoms with Gasteiger partial charge in [0, 0.05) is 22.0 Å². The summed E-state index contributed by atoms with van der Waals surface area (Å²) in [7, 11) is 0. The average molecular weight is 679 g/mol. The molecule has 0 aromatic heterocycles. The molecule has 0 spiro atoms. The molecule has 0 aliphatic heterocycles. The number of carbonyl (C=O) groups is 1. The van der Waals surface area contributed by atoms with E-state index < -0.39 is 0 Å². The summed E-state index contributed by atoms with van der Waals surface area (Å²) >= 11 is 16.6. The Labute approximate surface area is 218 Å². The van der Waals surface area contributed by atoms with Crippen molar-refractivity contribution in [3.63, 3.8) is 0 Å². The molecule has 4 nitrogen and oxygen atoms in total. The van der Waals surface area contributed by atoms with Gasteiger partial charge in [0.2, 0.25) is 5.91 Å². The summed E-state index contributed by atoms with van der Waals surface area (Å²) in [5, 5.41) is 5.24. The highest BCUT2D eigenvalue weighted by molar-refractivity contribution is 14.1. The molecule has 8 heteroatoms. The molecule has 0 bridgehead atoms. The SMILES string of the molecule is O=C(CCc1ccccc1)N/N=C\c1cc(I)c(OCc2ccc(Cl)cc2Cl)c(I)c1. The van der Waals surface area contributed by atoms with Gasteiger partial charge in [0.1, 0.15) is 12.4 Å². The summed E-state index contributed by atoms with van der Waals surface area (Å²) in [6, 6.07) is 19.1. The van der Waals surface area contributed by atoms with Crippen LogP contribution >= 0.6 is 68.4 Å². The Hall–Kier alpha value is -1.36. The first-order chi connectivity index (χ1) is 14.9. The average Bonchev–Trinajstić information content (AvgIpc) is 2.74. The van der Waals surface area contributed by atoms with E-state index in [1.807, 2.05) is 48.5 Å². The van der Waals surface area contributed by atoms with E-state index in [9.17, 15) is 4.79 Å². The molecule has 0 saturated heterocycles. The van der Waals surface area contributed by atoms with E-state index in [-0.39, 0.29) is 5.91 Å². The van der Waals surface area contributed by atoms with Gasteiger partial charge in [-0.3, -0.25) is 4.79 Å². The molecule has 1 amide bonds. The van der Waals surface area contributed by atoms with Gasteiger partial charge in [-0.15, -0.1) is 0 Å². The number of halogens is 4. The van der Waals surface area contributed by atoms with Crippen LogP contribution in [0.4, 0.5) is 0 Å². The minimum absolute atomic E-state index is 0.121. The van der Waals surface area contributed by atoms with E-state index in [2.05, 4.69) is 55.7 Å². The van der Waals surface area contributed by atoms with Crippen LogP contribution in [-0.4, -0.2) is 12.1 Å². The number of carbonyl (C=O) groups excluding carboxylic acids is 1. The lowest BCUT2D eigenvalue weighted by molar-refractivity contribution is -0.121. The zero-order chi connectivity index (χ0) is 22.2. The van der Waals surface area contributed by atoms with E-state index in [4.69, 9.17) is 27.9 Å². The summed E-state index contributed by atoms with van der Waals surface area (Å²) < 4.78 is 7.86. The fourth-order valence-electron chi connectivity index (χ4n) is 2.72. The lowest BCUT2D eigenvalue weighted by Crippen LogP contribution is -2.17. The van der Waals surface area contributed by atoms with Crippen LogP contribution in [-0.2, 0) is 17.8 Å². The Morgan fingerprint density at radius 1 is 1.03 bits per heavy atom. The molecule has 0 heterocycles. The van der Waals surface area contributed by atoms with Crippen molar-refractivity contribution in [2.24, 2.45) is 5.10 Å². The summed E-state index contributed by atoms with van der Waals surface area (Å²) in [6.07, 6.45) is 2.70. The second kappa shape index (κ2) is 12.0. The van der Waals surface area contributed by atoms with Crippen molar-refractivity contribution in [1.82, 2.24) is 5.43 Å². The maximum absolute atomic E-state index is 12.0. The van der Waals surface area contributed by atoms with Crippen molar-refractivity contribution in [2.45, 2.75) is 19.4 Å². The summed E-state index contributed by atoms with van der Waals surface area (Å²) in [6.45, 7) is 0.340. The number of rotatable bonds is 8. The Morgan fingerprint density at radius 3 is 2.42 bits per heavy atom. The van der Waals surface area contributed by atoms with Gasteiger partial charge < -0.3 is 4.74 Å². The first-order valence-electron chi connectivity index (χ1n) is 9.34. The van der Waals surface area contributed by atoms with Crippen LogP contribution in [0.3, 0.4) is 0 Å². The van der Waals surface area contributed by atoms with Crippen LogP contribution in [0.2, 0.25) is 10.0 Å². The molecule has 0 radical (unpaired) electrons. The van der Waals surface area contributed by atoms with Gasteiger partial charge in [-0.1, -0.05) is 59.6 Å². The number of benzene rings is 3. The second-order valence-corrected chi connectivity index (χ2v) is 9.78. The van der Waals surface area contributed by atoms with Crippen LogP contribution in [0.15, 0.2) is 65.8 Å². The number of ether oxygens (including phenoxy) is 1. The van der Waals surface area contributed by atoms with E-state index in [1.165, 1.54) is 0 Å². The van der Waals surface area contributed by atoms with E-state index in [0.29, 0.717) is 29.5 Å². The van der Waals surface area contributed by atoms with E-state index in [0.717, 1.165) is 29.6 Å². The Balaban J connectivity index is 1.56.